The number of ether oxygens (including phenoxy) is 8. The zero-order chi connectivity index (χ0) is 36.5. The van der Waals surface area contributed by atoms with Crippen LogP contribution in [0.3, 0.4) is 0 Å². The van der Waals surface area contributed by atoms with E-state index in [1.165, 1.54) is 19.1 Å². The fourth-order valence-corrected chi connectivity index (χ4v) is 5.35. The first kappa shape index (κ1) is 36.4. The maximum Gasteiger partial charge on any atom is 0.383 e. The standard InChI is InChI=1S/C37H36O14/c1-21(38)43-20-30-32(46-22(2)39)33(47-23(3)40)35(48-24(4)41)37(51-30)49-27-15-16-28-29(17-27)50-36(42)34(45-19-26-13-9-6-10-14-26)31(28)44-18-25-11-7-5-8-12-25/h5-17,30,32-33,35,37H,18-20H2,1-4H3/t30-,32-,33+,35-,37-/m1/s1. The molecular weight excluding hydrogens is 668 g/mol. The minimum absolute atomic E-state index is 0.0539. The Morgan fingerprint density at radius 3 is 1.76 bits per heavy atom. The first-order valence-electron chi connectivity index (χ1n) is 15.9. The molecule has 268 valence electrons. The normalized spacial score (nSPS) is 19.7. The third-order valence-corrected chi connectivity index (χ3v) is 7.44. The number of fused-ring (bicyclic) bond motifs is 1. The van der Waals surface area contributed by atoms with E-state index in [0.717, 1.165) is 31.9 Å². The highest BCUT2D eigenvalue weighted by Crippen LogP contribution is 2.37. The van der Waals surface area contributed by atoms with Crippen LogP contribution < -0.4 is 19.8 Å². The molecule has 0 unspecified atom stereocenters. The molecule has 0 aliphatic carbocycles. The van der Waals surface area contributed by atoms with Crippen LogP contribution in [0.25, 0.3) is 11.0 Å². The first-order valence-corrected chi connectivity index (χ1v) is 15.9. The minimum Gasteiger partial charge on any atom is -0.484 e. The summed E-state index contributed by atoms with van der Waals surface area (Å²) in [5.74, 6) is -2.93. The summed E-state index contributed by atoms with van der Waals surface area (Å²) in [5.41, 5.74) is 0.903. The molecule has 0 bridgehead atoms. The van der Waals surface area contributed by atoms with Gasteiger partial charge in [-0.3, -0.25) is 19.2 Å². The topological polar surface area (TPSA) is 172 Å². The van der Waals surface area contributed by atoms with Crippen LogP contribution in [0.4, 0.5) is 0 Å². The summed E-state index contributed by atoms with van der Waals surface area (Å²) < 4.78 is 51.4. The number of hydrogen-bond acceptors (Lipinski definition) is 14. The molecule has 5 rings (SSSR count). The van der Waals surface area contributed by atoms with Gasteiger partial charge in [0.25, 0.3) is 0 Å². The summed E-state index contributed by atoms with van der Waals surface area (Å²) in [4.78, 5) is 61.5. The second kappa shape index (κ2) is 16.7. The molecule has 1 aliphatic rings. The van der Waals surface area contributed by atoms with Gasteiger partial charge in [-0.15, -0.1) is 0 Å². The third-order valence-electron chi connectivity index (χ3n) is 7.44. The molecule has 14 nitrogen and oxygen atoms in total. The van der Waals surface area contributed by atoms with E-state index in [1.54, 1.807) is 6.07 Å². The average Bonchev–Trinajstić information content (AvgIpc) is 3.08. The second-order valence-corrected chi connectivity index (χ2v) is 11.4. The van der Waals surface area contributed by atoms with Crippen molar-refractivity contribution in [2.75, 3.05) is 6.61 Å². The summed E-state index contributed by atoms with van der Waals surface area (Å²) in [5, 5.41) is 0.377. The second-order valence-electron chi connectivity index (χ2n) is 11.4. The summed E-state index contributed by atoms with van der Waals surface area (Å²) in [6.07, 6.45) is -6.99. The molecule has 0 radical (unpaired) electrons. The SMILES string of the molecule is CC(=O)OC[C@H]1O[C@@H](Oc2ccc3c(OCc4ccccc4)c(OCc4ccccc4)c(=O)oc3c2)[C@H](OC(C)=O)[C@@H](OC(C)=O)[C@@H]1OC(C)=O. The van der Waals surface area contributed by atoms with Crippen LogP contribution in [0.5, 0.6) is 17.2 Å². The molecule has 0 saturated carbocycles. The van der Waals surface area contributed by atoms with Crippen molar-refractivity contribution in [3.05, 3.63) is 100 Å². The van der Waals surface area contributed by atoms with Crippen molar-refractivity contribution in [2.45, 2.75) is 71.6 Å². The van der Waals surface area contributed by atoms with Gasteiger partial charge >= 0.3 is 29.5 Å². The zero-order valence-corrected chi connectivity index (χ0v) is 28.2. The van der Waals surface area contributed by atoms with Gasteiger partial charge in [0.05, 0.1) is 5.39 Å². The van der Waals surface area contributed by atoms with Crippen LogP contribution in [-0.4, -0.2) is 61.2 Å². The first-order chi connectivity index (χ1) is 24.5. The molecule has 2 heterocycles. The molecular formula is C37H36O14. The van der Waals surface area contributed by atoms with E-state index in [0.29, 0.717) is 5.39 Å². The molecule has 14 heteroatoms. The molecule has 1 fully saturated rings. The van der Waals surface area contributed by atoms with Crippen molar-refractivity contribution in [3.63, 3.8) is 0 Å². The number of carbonyl (C=O) groups excluding carboxylic acids is 4. The lowest BCUT2D eigenvalue weighted by atomic mass is 9.98. The molecule has 0 spiro atoms. The van der Waals surface area contributed by atoms with E-state index in [-0.39, 0.29) is 36.0 Å². The Morgan fingerprint density at radius 1 is 0.647 bits per heavy atom. The number of hydrogen-bond donors (Lipinski definition) is 0. The van der Waals surface area contributed by atoms with Gasteiger partial charge < -0.3 is 42.3 Å². The van der Waals surface area contributed by atoms with Crippen molar-refractivity contribution in [3.8, 4) is 17.2 Å². The Labute approximate surface area is 292 Å². The molecule has 4 aromatic rings. The number of esters is 4. The molecule has 5 atom stereocenters. The number of rotatable bonds is 13. The third kappa shape index (κ3) is 9.63. The summed E-state index contributed by atoms with van der Waals surface area (Å²) in [6, 6.07) is 23.1. The fraction of sp³-hybridized carbons (Fsp3) is 0.324. The molecule has 51 heavy (non-hydrogen) atoms. The quantitative estimate of drug-likeness (QED) is 0.109. The van der Waals surface area contributed by atoms with Crippen molar-refractivity contribution >= 4 is 34.8 Å². The summed E-state index contributed by atoms with van der Waals surface area (Å²) in [7, 11) is 0. The lowest BCUT2D eigenvalue weighted by Crippen LogP contribution is -2.63. The Morgan fingerprint density at radius 2 is 1.20 bits per heavy atom. The Balaban J connectivity index is 1.51. The van der Waals surface area contributed by atoms with E-state index in [1.807, 2.05) is 60.7 Å². The largest absolute Gasteiger partial charge is 0.484 e. The Hall–Kier alpha value is -5.89. The van der Waals surface area contributed by atoms with Gasteiger partial charge in [-0.05, 0) is 23.3 Å². The predicted octanol–water partition coefficient (Wildman–Crippen LogP) is 4.41. The van der Waals surface area contributed by atoms with Gasteiger partial charge in [0.1, 0.15) is 37.3 Å². The average molecular weight is 705 g/mol. The van der Waals surface area contributed by atoms with Crippen LogP contribution in [-0.2, 0) is 56.1 Å². The predicted molar refractivity (Wildman–Crippen MR) is 177 cm³/mol. The zero-order valence-electron chi connectivity index (χ0n) is 28.2. The van der Waals surface area contributed by atoms with Crippen LogP contribution >= 0.6 is 0 Å². The fourth-order valence-electron chi connectivity index (χ4n) is 5.35. The van der Waals surface area contributed by atoms with Gasteiger partial charge in [-0.2, -0.15) is 0 Å². The monoisotopic (exact) mass is 704 g/mol. The number of benzene rings is 3. The van der Waals surface area contributed by atoms with E-state index in [4.69, 9.17) is 42.3 Å². The van der Waals surface area contributed by atoms with Gasteiger partial charge in [0.15, 0.2) is 18.0 Å². The summed E-state index contributed by atoms with van der Waals surface area (Å²) in [6.45, 7) is 4.28. The molecule has 1 aromatic heterocycles. The van der Waals surface area contributed by atoms with Gasteiger partial charge in [-0.1, -0.05) is 60.7 Å². The maximum atomic E-state index is 13.4. The van der Waals surface area contributed by atoms with Gasteiger partial charge in [0, 0.05) is 33.8 Å². The van der Waals surface area contributed by atoms with E-state index >= 15 is 0 Å². The van der Waals surface area contributed by atoms with Crippen LogP contribution in [0.1, 0.15) is 38.8 Å². The van der Waals surface area contributed by atoms with Gasteiger partial charge in [-0.25, -0.2) is 4.79 Å². The lowest BCUT2D eigenvalue weighted by Gasteiger charge is -2.43. The highest BCUT2D eigenvalue weighted by atomic mass is 16.7. The van der Waals surface area contributed by atoms with Crippen LogP contribution in [0.15, 0.2) is 88.1 Å². The Kier molecular flexibility index (Phi) is 11.9. The van der Waals surface area contributed by atoms with Crippen LogP contribution in [0, 0.1) is 0 Å². The molecule has 1 aliphatic heterocycles. The van der Waals surface area contributed by atoms with E-state index < -0.39 is 66.8 Å². The molecule has 3 aromatic carbocycles. The smallest absolute Gasteiger partial charge is 0.383 e. The molecule has 0 N–H and O–H groups in total. The minimum atomic E-state index is -1.50. The molecule has 0 amide bonds. The lowest BCUT2D eigenvalue weighted by molar-refractivity contribution is -0.288. The van der Waals surface area contributed by atoms with E-state index in [2.05, 4.69) is 0 Å². The molecule has 1 saturated heterocycles. The highest BCUT2D eigenvalue weighted by Gasteiger charge is 2.53. The maximum absolute atomic E-state index is 13.4. The highest BCUT2D eigenvalue weighted by molar-refractivity contribution is 5.86. The Bertz CT molecular complexity index is 1910. The van der Waals surface area contributed by atoms with Crippen molar-refractivity contribution in [1.29, 1.82) is 0 Å². The van der Waals surface area contributed by atoms with Crippen LogP contribution in [0.2, 0.25) is 0 Å². The van der Waals surface area contributed by atoms with Gasteiger partial charge in [0.2, 0.25) is 18.1 Å². The van der Waals surface area contributed by atoms with Crippen molar-refractivity contribution in [1.82, 2.24) is 0 Å². The number of carbonyl (C=O) groups is 4. The van der Waals surface area contributed by atoms with Crippen molar-refractivity contribution < 1.29 is 61.5 Å². The van der Waals surface area contributed by atoms with Crippen molar-refractivity contribution in [2.24, 2.45) is 0 Å². The summed E-state index contributed by atoms with van der Waals surface area (Å²) >= 11 is 0. The van der Waals surface area contributed by atoms with E-state index in [9.17, 15) is 24.0 Å².